The summed E-state index contributed by atoms with van der Waals surface area (Å²) >= 11 is 0. The molecule has 2 aromatic carbocycles. The smallest absolute Gasteiger partial charge is 0.368 e. The van der Waals surface area contributed by atoms with Gasteiger partial charge in [-0.25, -0.2) is 10.0 Å². The molecule has 3 heterocycles. The molecular weight excluding hydrogens is 471 g/mol. The van der Waals surface area contributed by atoms with Gasteiger partial charge in [-0.2, -0.15) is 23.4 Å². The number of alkyl halides is 3. The zero-order valence-corrected chi connectivity index (χ0v) is 19.3. The van der Waals surface area contributed by atoms with Crippen molar-refractivity contribution in [3.05, 3.63) is 71.4 Å². The molecule has 0 amide bonds. The van der Waals surface area contributed by atoms with Crippen LogP contribution in [0.2, 0.25) is 0 Å². The molecule has 3 aromatic rings. The van der Waals surface area contributed by atoms with E-state index in [1.165, 1.54) is 12.3 Å². The molecule has 0 spiro atoms. The predicted octanol–water partition coefficient (Wildman–Crippen LogP) is 4.40. The fraction of sp³-hybridized carbons (Fsp3) is 0.320. The summed E-state index contributed by atoms with van der Waals surface area (Å²) in [6, 6.07) is 15.7. The lowest BCUT2D eigenvalue weighted by molar-refractivity contribution is -0.137. The van der Waals surface area contributed by atoms with Crippen LogP contribution in [0.1, 0.15) is 29.2 Å². The number of rotatable bonds is 5. The first kappa shape index (κ1) is 23.8. The van der Waals surface area contributed by atoms with Crippen LogP contribution in [0.3, 0.4) is 0 Å². The number of aromatic nitrogens is 2. The van der Waals surface area contributed by atoms with Crippen molar-refractivity contribution in [1.82, 2.24) is 15.3 Å². The van der Waals surface area contributed by atoms with Gasteiger partial charge in [0.05, 0.1) is 24.4 Å². The van der Waals surface area contributed by atoms with Gasteiger partial charge >= 0.3 is 6.18 Å². The standard InChI is InChI=1S/C25H24F3N7O/c26-25(27,28)20-14-19(6-7-22(20)34-11-9-30-10-12-34)32-24-31-16-18(15-29)23(33-24)35-21(8-13-36-35)17-4-2-1-3-5-17/h1-7,14,16,21,30H,8-13H2,(H,31,32,33)/t21-/m0/s1. The van der Waals surface area contributed by atoms with Gasteiger partial charge in [-0.1, -0.05) is 30.3 Å². The van der Waals surface area contributed by atoms with Crippen LogP contribution in [0, 0.1) is 11.3 Å². The van der Waals surface area contributed by atoms with Crippen molar-refractivity contribution in [3.8, 4) is 6.07 Å². The molecule has 0 bridgehead atoms. The van der Waals surface area contributed by atoms with E-state index in [0.717, 1.165) is 11.6 Å². The Kier molecular flexibility index (Phi) is 6.63. The minimum absolute atomic E-state index is 0.0642. The summed E-state index contributed by atoms with van der Waals surface area (Å²) in [5.74, 6) is 0.323. The molecule has 2 fully saturated rings. The van der Waals surface area contributed by atoms with Gasteiger partial charge in [0, 0.05) is 44.0 Å². The summed E-state index contributed by atoms with van der Waals surface area (Å²) in [5, 5.41) is 17.2. The molecule has 2 aliphatic rings. The Labute approximate surface area is 206 Å². The monoisotopic (exact) mass is 495 g/mol. The summed E-state index contributed by atoms with van der Waals surface area (Å²) in [6.07, 6.45) is -2.49. The van der Waals surface area contributed by atoms with Crippen LogP contribution >= 0.6 is 0 Å². The summed E-state index contributed by atoms with van der Waals surface area (Å²) in [7, 11) is 0. The van der Waals surface area contributed by atoms with Crippen molar-refractivity contribution in [2.75, 3.05) is 48.1 Å². The minimum atomic E-state index is -4.53. The van der Waals surface area contributed by atoms with Crippen LogP contribution in [-0.4, -0.2) is 42.8 Å². The molecule has 1 aromatic heterocycles. The van der Waals surface area contributed by atoms with Gasteiger partial charge in [0.1, 0.15) is 11.6 Å². The normalized spacial score (nSPS) is 18.2. The molecule has 1 atom stereocenters. The van der Waals surface area contributed by atoms with E-state index in [9.17, 15) is 18.4 Å². The Morgan fingerprint density at radius 2 is 1.89 bits per heavy atom. The largest absolute Gasteiger partial charge is 0.418 e. The number of nitriles is 1. The Bertz CT molecular complexity index is 1260. The van der Waals surface area contributed by atoms with Crippen molar-refractivity contribution < 1.29 is 18.0 Å². The number of hydrogen-bond acceptors (Lipinski definition) is 8. The van der Waals surface area contributed by atoms with Crippen LogP contribution in [0.5, 0.6) is 0 Å². The molecule has 0 unspecified atom stereocenters. The molecule has 5 rings (SSSR count). The van der Waals surface area contributed by atoms with Crippen LogP contribution in [0.4, 0.5) is 36.3 Å². The van der Waals surface area contributed by atoms with E-state index in [1.807, 2.05) is 30.3 Å². The maximum atomic E-state index is 13.9. The molecule has 11 heteroatoms. The number of piperazine rings is 1. The van der Waals surface area contributed by atoms with E-state index in [0.29, 0.717) is 39.2 Å². The summed E-state index contributed by atoms with van der Waals surface area (Å²) < 4.78 is 41.8. The predicted molar refractivity (Wildman–Crippen MR) is 129 cm³/mol. The van der Waals surface area contributed by atoms with Crippen molar-refractivity contribution in [2.45, 2.75) is 18.6 Å². The van der Waals surface area contributed by atoms with Crippen molar-refractivity contribution in [1.29, 1.82) is 5.26 Å². The molecule has 8 nitrogen and oxygen atoms in total. The summed E-state index contributed by atoms with van der Waals surface area (Å²) in [4.78, 5) is 16.1. The molecule has 2 saturated heterocycles. The lowest BCUT2D eigenvalue weighted by Crippen LogP contribution is -2.44. The maximum absolute atomic E-state index is 13.9. The van der Waals surface area contributed by atoms with Crippen molar-refractivity contribution >= 4 is 23.1 Å². The number of nitrogens with one attached hydrogen (secondary N) is 2. The third kappa shape index (κ3) is 4.91. The van der Waals surface area contributed by atoms with Gasteiger partial charge in [-0.15, -0.1) is 0 Å². The van der Waals surface area contributed by atoms with Crippen LogP contribution in [-0.2, 0) is 11.0 Å². The second-order valence-electron chi connectivity index (χ2n) is 8.51. The zero-order chi connectivity index (χ0) is 25.1. The summed E-state index contributed by atoms with van der Waals surface area (Å²) in [6.45, 7) is 2.69. The molecule has 0 aliphatic carbocycles. The topological polar surface area (TPSA) is 89.3 Å². The molecule has 186 valence electrons. The Hall–Kier alpha value is -3.88. The van der Waals surface area contributed by atoms with E-state index in [-0.39, 0.29) is 34.7 Å². The van der Waals surface area contributed by atoms with E-state index in [2.05, 4.69) is 26.7 Å². The van der Waals surface area contributed by atoms with E-state index in [1.54, 1.807) is 16.0 Å². The number of nitrogens with zero attached hydrogens (tertiary/aromatic N) is 5. The fourth-order valence-electron chi connectivity index (χ4n) is 4.49. The minimum Gasteiger partial charge on any atom is -0.368 e. The fourth-order valence-corrected chi connectivity index (χ4v) is 4.49. The first-order valence-electron chi connectivity index (χ1n) is 11.6. The Balaban J connectivity index is 1.45. The van der Waals surface area contributed by atoms with Crippen molar-refractivity contribution in [2.24, 2.45) is 0 Å². The van der Waals surface area contributed by atoms with E-state index >= 15 is 0 Å². The number of benzene rings is 2. The highest BCUT2D eigenvalue weighted by atomic mass is 19.4. The third-order valence-electron chi connectivity index (χ3n) is 6.20. The van der Waals surface area contributed by atoms with Crippen LogP contribution < -0.4 is 20.6 Å². The lowest BCUT2D eigenvalue weighted by Gasteiger charge is -2.31. The average molecular weight is 496 g/mol. The van der Waals surface area contributed by atoms with Gasteiger partial charge in [-0.05, 0) is 23.8 Å². The van der Waals surface area contributed by atoms with Gasteiger partial charge in [0.2, 0.25) is 5.95 Å². The molecule has 2 aliphatic heterocycles. The molecule has 0 saturated carbocycles. The second-order valence-corrected chi connectivity index (χ2v) is 8.51. The van der Waals surface area contributed by atoms with Gasteiger partial charge < -0.3 is 15.5 Å². The van der Waals surface area contributed by atoms with E-state index < -0.39 is 11.7 Å². The SMILES string of the molecule is N#Cc1cnc(Nc2ccc(N3CCNCC3)c(C(F)(F)F)c2)nc1N1OCC[C@H]1c1ccccc1. The highest BCUT2D eigenvalue weighted by molar-refractivity contribution is 5.66. The highest BCUT2D eigenvalue weighted by Crippen LogP contribution is 2.39. The number of hydroxylamine groups is 1. The van der Waals surface area contributed by atoms with Crippen LogP contribution in [0.25, 0.3) is 0 Å². The number of anilines is 4. The number of hydrogen-bond donors (Lipinski definition) is 2. The highest BCUT2D eigenvalue weighted by Gasteiger charge is 2.36. The first-order chi connectivity index (χ1) is 17.4. The Morgan fingerprint density at radius 1 is 1.11 bits per heavy atom. The van der Waals surface area contributed by atoms with Gasteiger partial charge in [0.15, 0.2) is 5.82 Å². The van der Waals surface area contributed by atoms with E-state index in [4.69, 9.17) is 4.84 Å². The average Bonchev–Trinajstić information content (AvgIpc) is 3.39. The second kappa shape index (κ2) is 10.0. The lowest BCUT2D eigenvalue weighted by atomic mass is 10.0. The Morgan fingerprint density at radius 3 is 2.61 bits per heavy atom. The molecule has 2 N–H and O–H groups in total. The van der Waals surface area contributed by atoms with Gasteiger partial charge in [-0.3, -0.25) is 4.84 Å². The zero-order valence-electron chi connectivity index (χ0n) is 19.3. The molecule has 0 radical (unpaired) electrons. The van der Waals surface area contributed by atoms with Crippen LogP contribution in [0.15, 0.2) is 54.7 Å². The number of halogens is 3. The van der Waals surface area contributed by atoms with Crippen molar-refractivity contribution in [3.63, 3.8) is 0 Å². The molecular formula is C25H24F3N7O. The molecule has 36 heavy (non-hydrogen) atoms. The quantitative estimate of drug-likeness (QED) is 0.539. The summed E-state index contributed by atoms with van der Waals surface area (Å²) in [5.41, 5.74) is 0.819. The third-order valence-corrected chi connectivity index (χ3v) is 6.20. The maximum Gasteiger partial charge on any atom is 0.418 e. The first-order valence-corrected chi connectivity index (χ1v) is 11.6. The van der Waals surface area contributed by atoms with Gasteiger partial charge in [0.25, 0.3) is 0 Å².